The van der Waals surface area contributed by atoms with Gasteiger partial charge in [0.1, 0.15) is 23.2 Å². The molecule has 0 fully saturated rings. The number of amides is 1. The van der Waals surface area contributed by atoms with Gasteiger partial charge in [-0.25, -0.2) is 4.98 Å². The summed E-state index contributed by atoms with van der Waals surface area (Å²) in [6.45, 7) is 4.76. The number of carbonyl (C=O) groups excluding carboxylic acids is 1. The van der Waals surface area contributed by atoms with Crippen molar-refractivity contribution in [2.45, 2.75) is 19.4 Å². The average molecular weight is 467 g/mol. The Kier molecular flexibility index (Phi) is 7.41. The highest BCUT2D eigenvalue weighted by atomic mass is 32.1. The Morgan fingerprint density at radius 3 is 2.88 bits per heavy atom. The van der Waals surface area contributed by atoms with E-state index in [0.717, 1.165) is 30.9 Å². The average Bonchev–Trinajstić information content (AvgIpc) is 3.33. The summed E-state index contributed by atoms with van der Waals surface area (Å²) in [5.74, 6) is 1.80. The number of rotatable bonds is 9. The van der Waals surface area contributed by atoms with E-state index >= 15 is 0 Å². The lowest BCUT2D eigenvalue weighted by molar-refractivity contribution is 0.0989. The van der Waals surface area contributed by atoms with Gasteiger partial charge in [0, 0.05) is 55.9 Å². The normalized spacial score (nSPS) is 14.6. The summed E-state index contributed by atoms with van der Waals surface area (Å²) in [4.78, 5) is 27.3. The minimum absolute atomic E-state index is 0.0442. The number of carbonyl (C=O) groups is 1. The first-order chi connectivity index (χ1) is 16.1. The summed E-state index contributed by atoms with van der Waals surface area (Å²) in [7, 11) is 3.89. The Morgan fingerprint density at radius 2 is 2.12 bits per heavy atom. The Labute approximate surface area is 198 Å². The third-order valence-electron chi connectivity index (χ3n) is 5.52. The van der Waals surface area contributed by atoms with Crippen LogP contribution in [-0.4, -0.2) is 56.1 Å². The first-order valence-corrected chi connectivity index (χ1v) is 12.1. The molecule has 3 heterocycles. The van der Waals surface area contributed by atoms with Gasteiger partial charge >= 0.3 is 0 Å². The Hall–Kier alpha value is -3.17. The molecule has 2 N–H and O–H groups in total. The molecule has 3 aromatic rings. The van der Waals surface area contributed by atoms with Crippen molar-refractivity contribution < 1.29 is 9.53 Å². The van der Waals surface area contributed by atoms with Crippen molar-refractivity contribution >= 4 is 34.7 Å². The maximum absolute atomic E-state index is 13.5. The highest BCUT2D eigenvalue weighted by molar-refractivity contribution is 7.10. The number of nitrogens with zero attached hydrogens (tertiary/aromatic N) is 4. The molecule has 0 bridgehead atoms. The van der Waals surface area contributed by atoms with E-state index in [0.29, 0.717) is 30.4 Å². The summed E-state index contributed by atoms with van der Waals surface area (Å²) >= 11 is 1.69. The number of aromatic nitrogens is 2. The number of nitrogens with one attached hydrogen (secondary N) is 2. The molecule has 0 unspecified atom stereocenters. The first-order valence-electron chi connectivity index (χ1n) is 11.2. The molecule has 9 heteroatoms. The summed E-state index contributed by atoms with van der Waals surface area (Å²) in [5.41, 5.74) is 1.29. The van der Waals surface area contributed by atoms with Gasteiger partial charge in [-0.05, 0) is 44.1 Å². The van der Waals surface area contributed by atoms with Gasteiger partial charge in [0.2, 0.25) is 5.95 Å². The van der Waals surface area contributed by atoms with Crippen LogP contribution in [0.2, 0.25) is 0 Å². The Morgan fingerprint density at radius 1 is 1.24 bits per heavy atom. The fourth-order valence-electron chi connectivity index (χ4n) is 3.81. The molecular formula is C24H30N6O2S. The van der Waals surface area contributed by atoms with Crippen molar-refractivity contribution in [3.05, 3.63) is 58.4 Å². The van der Waals surface area contributed by atoms with Crippen LogP contribution >= 0.6 is 11.3 Å². The van der Waals surface area contributed by atoms with Crippen LogP contribution in [0.1, 0.15) is 34.7 Å². The first kappa shape index (κ1) is 23.0. The Balaban J connectivity index is 1.59. The predicted molar refractivity (Wildman–Crippen MR) is 134 cm³/mol. The van der Waals surface area contributed by atoms with Gasteiger partial charge in [-0.3, -0.25) is 4.79 Å². The fraction of sp³-hybridized carbons (Fsp3) is 0.375. The number of fused-ring (bicyclic) bond motifs is 1. The van der Waals surface area contributed by atoms with E-state index in [9.17, 15) is 4.79 Å². The van der Waals surface area contributed by atoms with Crippen LogP contribution in [0.5, 0.6) is 5.75 Å². The molecule has 2 aromatic heterocycles. The smallest absolute Gasteiger partial charge is 0.263 e. The molecule has 0 saturated carbocycles. The van der Waals surface area contributed by atoms with Crippen LogP contribution in [0.3, 0.4) is 0 Å². The van der Waals surface area contributed by atoms with Gasteiger partial charge in [-0.1, -0.05) is 12.1 Å². The minimum atomic E-state index is -0.112. The van der Waals surface area contributed by atoms with Crippen LogP contribution in [0.25, 0.3) is 0 Å². The highest BCUT2D eigenvalue weighted by Gasteiger charge is 2.28. The molecule has 1 aliphatic rings. The SMILES string of the molecule is CCNc1ncc2c(n1)N(C)CCN(c1cccc(O[C@H](CCNC)c3cccs3)c1)C2=O. The van der Waals surface area contributed by atoms with E-state index in [-0.39, 0.29) is 12.0 Å². The summed E-state index contributed by atoms with van der Waals surface area (Å²) in [5, 5.41) is 8.38. The van der Waals surface area contributed by atoms with Crippen molar-refractivity contribution in [3.63, 3.8) is 0 Å². The molecular weight excluding hydrogens is 436 g/mol. The van der Waals surface area contributed by atoms with E-state index < -0.39 is 0 Å². The zero-order valence-corrected chi connectivity index (χ0v) is 20.1. The summed E-state index contributed by atoms with van der Waals surface area (Å²) in [6.07, 6.45) is 2.42. The maximum Gasteiger partial charge on any atom is 0.263 e. The van der Waals surface area contributed by atoms with Crippen molar-refractivity contribution in [3.8, 4) is 5.75 Å². The van der Waals surface area contributed by atoms with Crippen molar-refractivity contribution in [2.24, 2.45) is 0 Å². The predicted octanol–water partition coefficient (Wildman–Crippen LogP) is 3.80. The second-order valence-corrected chi connectivity index (χ2v) is 8.83. The maximum atomic E-state index is 13.5. The zero-order chi connectivity index (χ0) is 23.2. The van der Waals surface area contributed by atoms with Crippen molar-refractivity contribution in [1.82, 2.24) is 15.3 Å². The third kappa shape index (κ3) is 5.26. The number of thiophene rings is 1. The van der Waals surface area contributed by atoms with Crippen molar-refractivity contribution in [2.75, 3.05) is 55.4 Å². The van der Waals surface area contributed by atoms with E-state index in [1.54, 1.807) is 22.4 Å². The lowest BCUT2D eigenvalue weighted by Gasteiger charge is -2.23. The van der Waals surface area contributed by atoms with E-state index in [1.165, 1.54) is 4.88 Å². The molecule has 1 atom stereocenters. The van der Waals surface area contributed by atoms with Crippen LogP contribution in [0, 0.1) is 0 Å². The van der Waals surface area contributed by atoms with Gasteiger partial charge in [0.05, 0.1) is 0 Å². The number of hydrogen-bond donors (Lipinski definition) is 2. The largest absolute Gasteiger partial charge is 0.485 e. The monoisotopic (exact) mass is 466 g/mol. The molecule has 0 radical (unpaired) electrons. The molecule has 174 valence electrons. The molecule has 1 amide bonds. The zero-order valence-electron chi connectivity index (χ0n) is 19.2. The fourth-order valence-corrected chi connectivity index (χ4v) is 4.59. The number of likely N-dealkylation sites (N-methyl/N-ethyl adjacent to an activating group) is 1. The molecule has 33 heavy (non-hydrogen) atoms. The van der Waals surface area contributed by atoms with Crippen LogP contribution < -0.4 is 25.2 Å². The third-order valence-corrected chi connectivity index (χ3v) is 6.49. The molecule has 4 rings (SSSR count). The number of anilines is 3. The number of hydrogen-bond acceptors (Lipinski definition) is 8. The van der Waals surface area contributed by atoms with Crippen molar-refractivity contribution in [1.29, 1.82) is 0 Å². The lowest BCUT2D eigenvalue weighted by Crippen LogP contribution is -2.33. The summed E-state index contributed by atoms with van der Waals surface area (Å²) in [6, 6.07) is 11.9. The van der Waals surface area contributed by atoms with Crippen LogP contribution in [-0.2, 0) is 0 Å². The summed E-state index contributed by atoms with van der Waals surface area (Å²) < 4.78 is 6.38. The van der Waals surface area contributed by atoms with E-state index in [2.05, 4.69) is 32.0 Å². The molecule has 8 nitrogen and oxygen atoms in total. The molecule has 0 spiro atoms. The molecule has 0 aliphatic carbocycles. The lowest BCUT2D eigenvalue weighted by atomic mass is 10.2. The second-order valence-electron chi connectivity index (χ2n) is 7.85. The van der Waals surface area contributed by atoms with E-state index in [1.807, 2.05) is 56.3 Å². The molecule has 1 aromatic carbocycles. The van der Waals surface area contributed by atoms with Crippen LogP contribution in [0.15, 0.2) is 48.0 Å². The van der Waals surface area contributed by atoms with Gasteiger partial charge in [-0.2, -0.15) is 4.98 Å². The standard InChI is InChI=1S/C24H30N6O2S/c1-4-26-24-27-16-19-22(28-24)29(3)12-13-30(23(19)31)17-7-5-8-18(15-17)32-20(10-11-25-2)21-9-6-14-33-21/h5-9,14-16,20,25H,4,10-13H2,1-3H3,(H,26,27,28)/t20-/m1/s1. The second kappa shape index (κ2) is 10.6. The van der Waals surface area contributed by atoms with Gasteiger partial charge in [0.15, 0.2) is 0 Å². The number of ether oxygens (including phenoxy) is 1. The van der Waals surface area contributed by atoms with Crippen LogP contribution in [0.4, 0.5) is 17.5 Å². The molecule has 0 saturated heterocycles. The Bertz CT molecular complexity index is 1070. The van der Waals surface area contributed by atoms with Gasteiger partial charge in [0.25, 0.3) is 5.91 Å². The van der Waals surface area contributed by atoms with E-state index in [4.69, 9.17) is 4.74 Å². The number of benzene rings is 1. The topological polar surface area (TPSA) is 82.6 Å². The molecule has 1 aliphatic heterocycles. The minimum Gasteiger partial charge on any atom is -0.485 e. The van der Waals surface area contributed by atoms with Gasteiger partial charge < -0.3 is 25.2 Å². The quantitative estimate of drug-likeness (QED) is 0.496. The van der Waals surface area contributed by atoms with Gasteiger partial charge in [-0.15, -0.1) is 11.3 Å². The highest BCUT2D eigenvalue weighted by Crippen LogP contribution is 2.32.